The Kier molecular flexibility index (Phi) is 2.92. The van der Waals surface area contributed by atoms with E-state index in [0.717, 1.165) is 17.0 Å². The number of nitrogens with zero attached hydrogens (tertiary/aromatic N) is 2. The molecule has 3 rings (SSSR count). The Bertz CT molecular complexity index is 679. The standard InChI is InChI=1S/C17H16N2/c1-13-8-10-15(11-9-13)17-12-16(18-19(17)2)14-6-4-3-5-7-14/h3-12H,1-2H3. The Hall–Kier alpha value is -2.35. The van der Waals surface area contributed by atoms with Gasteiger partial charge in [-0.05, 0) is 18.6 Å². The van der Waals surface area contributed by atoms with Crippen molar-refractivity contribution in [2.24, 2.45) is 7.05 Å². The van der Waals surface area contributed by atoms with E-state index < -0.39 is 0 Å². The van der Waals surface area contributed by atoms with E-state index >= 15 is 0 Å². The molecule has 0 saturated heterocycles. The van der Waals surface area contributed by atoms with Crippen LogP contribution in [-0.4, -0.2) is 9.78 Å². The Morgan fingerprint density at radius 2 is 1.53 bits per heavy atom. The maximum atomic E-state index is 4.60. The maximum absolute atomic E-state index is 4.60. The van der Waals surface area contributed by atoms with E-state index in [0.29, 0.717) is 0 Å². The van der Waals surface area contributed by atoms with Crippen molar-refractivity contribution in [3.05, 3.63) is 66.2 Å². The predicted molar refractivity (Wildman–Crippen MR) is 78.8 cm³/mol. The summed E-state index contributed by atoms with van der Waals surface area (Å²) >= 11 is 0. The van der Waals surface area contributed by atoms with Gasteiger partial charge in [0.2, 0.25) is 0 Å². The molecule has 2 nitrogen and oxygen atoms in total. The number of aromatic nitrogens is 2. The Morgan fingerprint density at radius 3 is 2.21 bits per heavy atom. The molecule has 0 aliphatic rings. The van der Waals surface area contributed by atoms with Crippen LogP contribution in [0.2, 0.25) is 0 Å². The lowest BCUT2D eigenvalue weighted by Gasteiger charge is -2.01. The van der Waals surface area contributed by atoms with Crippen molar-refractivity contribution in [1.29, 1.82) is 0 Å². The van der Waals surface area contributed by atoms with E-state index in [9.17, 15) is 0 Å². The van der Waals surface area contributed by atoms with E-state index in [-0.39, 0.29) is 0 Å². The van der Waals surface area contributed by atoms with Gasteiger partial charge in [0.1, 0.15) is 0 Å². The van der Waals surface area contributed by atoms with Crippen LogP contribution in [-0.2, 0) is 7.05 Å². The minimum Gasteiger partial charge on any atom is -0.267 e. The third-order valence-corrected chi connectivity index (χ3v) is 3.30. The van der Waals surface area contributed by atoms with Gasteiger partial charge in [0.05, 0.1) is 11.4 Å². The summed E-state index contributed by atoms with van der Waals surface area (Å²) in [5.74, 6) is 0. The Balaban J connectivity index is 2.05. The van der Waals surface area contributed by atoms with Crippen molar-refractivity contribution in [3.8, 4) is 22.5 Å². The fraction of sp³-hybridized carbons (Fsp3) is 0.118. The van der Waals surface area contributed by atoms with Gasteiger partial charge in [-0.15, -0.1) is 0 Å². The first-order valence-corrected chi connectivity index (χ1v) is 6.40. The zero-order chi connectivity index (χ0) is 13.2. The van der Waals surface area contributed by atoms with Crippen LogP contribution < -0.4 is 0 Å². The van der Waals surface area contributed by atoms with Crippen LogP contribution in [0.1, 0.15) is 5.56 Å². The smallest absolute Gasteiger partial charge is 0.0929 e. The molecule has 0 bridgehead atoms. The van der Waals surface area contributed by atoms with Crippen LogP contribution in [0.15, 0.2) is 60.7 Å². The Morgan fingerprint density at radius 1 is 0.842 bits per heavy atom. The summed E-state index contributed by atoms with van der Waals surface area (Å²) in [6, 6.07) is 20.9. The predicted octanol–water partition coefficient (Wildman–Crippen LogP) is 4.06. The highest BCUT2D eigenvalue weighted by Gasteiger charge is 2.08. The summed E-state index contributed by atoms with van der Waals surface area (Å²) in [5, 5.41) is 4.60. The van der Waals surface area contributed by atoms with Gasteiger partial charge in [0, 0.05) is 12.6 Å². The van der Waals surface area contributed by atoms with Crippen LogP contribution in [0.4, 0.5) is 0 Å². The topological polar surface area (TPSA) is 17.8 Å². The summed E-state index contributed by atoms with van der Waals surface area (Å²) in [7, 11) is 1.99. The van der Waals surface area contributed by atoms with Crippen LogP contribution in [0.5, 0.6) is 0 Å². The van der Waals surface area contributed by atoms with Crippen LogP contribution >= 0.6 is 0 Å². The average Bonchev–Trinajstić information content (AvgIpc) is 2.83. The molecule has 19 heavy (non-hydrogen) atoms. The lowest BCUT2D eigenvalue weighted by Crippen LogP contribution is -1.93. The van der Waals surface area contributed by atoms with Gasteiger partial charge in [-0.25, -0.2) is 0 Å². The minimum atomic E-state index is 1.01. The first kappa shape index (κ1) is 11.7. The van der Waals surface area contributed by atoms with Gasteiger partial charge in [0.15, 0.2) is 0 Å². The second-order valence-corrected chi connectivity index (χ2v) is 4.77. The third-order valence-electron chi connectivity index (χ3n) is 3.30. The molecule has 1 aromatic heterocycles. The van der Waals surface area contributed by atoms with E-state index in [4.69, 9.17) is 0 Å². The molecule has 0 atom stereocenters. The van der Waals surface area contributed by atoms with Gasteiger partial charge in [-0.1, -0.05) is 60.2 Å². The van der Waals surface area contributed by atoms with E-state index in [2.05, 4.69) is 54.5 Å². The molecule has 0 fully saturated rings. The van der Waals surface area contributed by atoms with Crippen molar-refractivity contribution < 1.29 is 0 Å². The first-order valence-electron chi connectivity index (χ1n) is 6.40. The highest BCUT2D eigenvalue weighted by molar-refractivity contribution is 5.68. The second kappa shape index (κ2) is 4.73. The molecular formula is C17H16N2. The van der Waals surface area contributed by atoms with Crippen molar-refractivity contribution in [2.75, 3.05) is 0 Å². The molecule has 0 aliphatic heterocycles. The van der Waals surface area contributed by atoms with Crippen LogP contribution in [0.3, 0.4) is 0 Å². The molecule has 0 saturated carbocycles. The molecule has 1 heterocycles. The van der Waals surface area contributed by atoms with Crippen molar-refractivity contribution in [2.45, 2.75) is 6.92 Å². The van der Waals surface area contributed by atoms with Gasteiger partial charge in [0.25, 0.3) is 0 Å². The van der Waals surface area contributed by atoms with E-state index in [1.165, 1.54) is 11.1 Å². The van der Waals surface area contributed by atoms with Crippen molar-refractivity contribution in [1.82, 2.24) is 9.78 Å². The molecule has 0 unspecified atom stereocenters. The quantitative estimate of drug-likeness (QED) is 0.668. The molecule has 2 heteroatoms. The van der Waals surface area contributed by atoms with Crippen LogP contribution in [0, 0.1) is 6.92 Å². The lowest BCUT2D eigenvalue weighted by molar-refractivity contribution is 0.779. The summed E-state index contributed by atoms with van der Waals surface area (Å²) < 4.78 is 1.94. The minimum absolute atomic E-state index is 1.01. The molecule has 0 aliphatic carbocycles. The SMILES string of the molecule is Cc1ccc(-c2cc(-c3ccccc3)nn2C)cc1. The fourth-order valence-electron chi connectivity index (χ4n) is 2.21. The van der Waals surface area contributed by atoms with E-state index in [1.54, 1.807) is 0 Å². The number of hydrogen-bond acceptors (Lipinski definition) is 1. The van der Waals surface area contributed by atoms with Gasteiger partial charge in [-0.3, -0.25) is 4.68 Å². The number of benzene rings is 2. The molecule has 2 aromatic carbocycles. The molecule has 94 valence electrons. The Labute approximate surface area is 113 Å². The summed E-state index contributed by atoms with van der Waals surface area (Å²) in [4.78, 5) is 0. The summed E-state index contributed by atoms with van der Waals surface area (Å²) in [6.07, 6.45) is 0. The summed E-state index contributed by atoms with van der Waals surface area (Å²) in [6.45, 7) is 2.10. The van der Waals surface area contributed by atoms with Crippen molar-refractivity contribution >= 4 is 0 Å². The number of rotatable bonds is 2. The number of aryl methyl sites for hydroxylation is 2. The normalized spacial score (nSPS) is 10.6. The third kappa shape index (κ3) is 2.29. The zero-order valence-electron chi connectivity index (χ0n) is 11.2. The zero-order valence-corrected chi connectivity index (χ0v) is 11.2. The summed E-state index contributed by atoms with van der Waals surface area (Å²) in [5.41, 5.74) is 5.77. The molecule has 3 aromatic rings. The fourth-order valence-corrected chi connectivity index (χ4v) is 2.21. The largest absolute Gasteiger partial charge is 0.267 e. The monoisotopic (exact) mass is 248 g/mol. The molecule has 0 radical (unpaired) electrons. The first-order chi connectivity index (χ1) is 9.24. The van der Waals surface area contributed by atoms with Gasteiger partial charge < -0.3 is 0 Å². The van der Waals surface area contributed by atoms with Gasteiger partial charge in [-0.2, -0.15) is 5.10 Å². The maximum Gasteiger partial charge on any atom is 0.0929 e. The highest BCUT2D eigenvalue weighted by Crippen LogP contribution is 2.25. The molecule has 0 amide bonds. The van der Waals surface area contributed by atoms with E-state index in [1.807, 2.05) is 29.9 Å². The molecular weight excluding hydrogens is 232 g/mol. The van der Waals surface area contributed by atoms with Crippen LogP contribution in [0.25, 0.3) is 22.5 Å². The van der Waals surface area contributed by atoms with Crippen molar-refractivity contribution in [3.63, 3.8) is 0 Å². The molecule has 0 spiro atoms. The molecule has 0 N–H and O–H groups in total. The van der Waals surface area contributed by atoms with Gasteiger partial charge >= 0.3 is 0 Å². The average molecular weight is 248 g/mol. The lowest BCUT2D eigenvalue weighted by atomic mass is 10.1. The number of hydrogen-bond donors (Lipinski definition) is 0. The highest BCUT2D eigenvalue weighted by atomic mass is 15.3. The second-order valence-electron chi connectivity index (χ2n) is 4.77.